The van der Waals surface area contributed by atoms with Crippen LogP contribution in [0.5, 0.6) is 0 Å². The fraction of sp³-hybridized carbons (Fsp3) is 0.500. The molecular formula is C12H17Cl2NO. The first-order valence-electron chi connectivity index (χ1n) is 5.28. The quantitative estimate of drug-likeness (QED) is 0.700. The molecule has 0 unspecified atom stereocenters. The van der Waals surface area contributed by atoms with Gasteiger partial charge in [-0.3, -0.25) is 4.90 Å². The maximum absolute atomic E-state index is 6.11. The van der Waals surface area contributed by atoms with Crippen LogP contribution in [-0.2, 0) is 11.3 Å². The summed E-state index contributed by atoms with van der Waals surface area (Å²) in [6.45, 7) is 3.24. The van der Waals surface area contributed by atoms with Gasteiger partial charge in [-0.25, -0.2) is 0 Å². The van der Waals surface area contributed by atoms with Gasteiger partial charge in [-0.15, -0.1) is 11.6 Å². The van der Waals surface area contributed by atoms with Crippen LogP contribution >= 0.6 is 23.2 Å². The van der Waals surface area contributed by atoms with Crippen LogP contribution in [0.25, 0.3) is 0 Å². The van der Waals surface area contributed by atoms with E-state index in [2.05, 4.69) is 4.90 Å². The minimum atomic E-state index is 0.619. The number of benzene rings is 1. The molecule has 0 aliphatic carbocycles. The van der Waals surface area contributed by atoms with Gasteiger partial charge in [0.25, 0.3) is 0 Å². The van der Waals surface area contributed by atoms with Crippen LogP contribution in [-0.4, -0.2) is 37.6 Å². The number of halogens is 2. The van der Waals surface area contributed by atoms with E-state index in [1.54, 1.807) is 7.11 Å². The molecule has 0 aliphatic heterocycles. The van der Waals surface area contributed by atoms with E-state index in [-0.39, 0.29) is 0 Å². The zero-order chi connectivity index (χ0) is 11.8. The average Bonchev–Trinajstić information content (AvgIpc) is 2.29. The lowest BCUT2D eigenvalue weighted by molar-refractivity contribution is 0.148. The number of hydrogen-bond acceptors (Lipinski definition) is 2. The van der Waals surface area contributed by atoms with Crippen molar-refractivity contribution in [2.45, 2.75) is 6.54 Å². The third kappa shape index (κ3) is 4.71. The highest BCUT2D eigenvalue weighted by atomic mass is 35.5. The molecule has 1 aromatic carbocycles. The van der Waals surface area contributed by atoms with Gasteiger partial charge in [0.05, 0.1) is 6.61 Å². The first-order valence-corrected chi connectivity index (χ1v) is 6.20. The Labute approximate surface area is 107 Å². The molecule has 0 spiro atoms. The molecule has 0 aliphatic rings. The van der Waals surface area contributed by atoms with E-state index in [1.165, 1.54) is 0 Å². The molecule has 4 heteroatoms. The van der Waals surface area contributed by atoms with Gasteiger partial charge in [0.15, 0.2) is 0 Å². The van der Waals surface area contributed by atoms with Crippen LogP contribution in [0.3, 0.4) is 0 Å². The predicted molar refractivity (Wildman–Crippen MR) is 69.3 cm³/mol. The number of alkyl halides is 1. The highest BCUT2D eigenvalue weighted by Crippen LogP contribution is 2.16. The van der Waals surface area contributed by atoms with Crippen molar-refractivity contribution >= 4 is 23.2 Å². The topological polar surface area (TPSA) is 12.5 Å². The molecule has 1 aromatic rings. The summed E-state index contributed by atoms with van der Waals surface area (Å²) in [4.78, 5) is 2.23. The fourth-order valence-electron chi connectivity index (χ4n) is 1.48. The van der Waals surface area contributed by atoms with Gasteiger partial charge in [-0.2, -0.15) is 0 Å². The van der Waals surface area contributed by atoms with Gasteiger partial charge in [0.1, 0.15) is 0 Å². The maximum atomic E-state index is 6.11. The third-order valence-electron chi connectivity index (χ3n) is 2.36. The second-order valence-corrected chi connectivity index (χ2v) is 4.33. The largest absolute Gasteiger partial charge is 0.383 e. The molecule has 90 valence electrons. The Balaban J connectivity index is 2.56. The summed E-state index contributed by atoms with van der Waals surface area (Å²) in [5.41, 5.74) is 1.13. The van der Waals surface area contributed by atoms with E-state index < -0.39 is 0 Å². The highest BCUT2D eigenvalue weighted by Gasteiger charge is 2.07. The summed E-state index contributed by atoms with van der Waals surface area (Å²) >= 11 is 11.9. The second kappa shape index (κ2) is 7.91. The standard InChI is InChI=1S/C12H17Cl2NO/c1-16-9-8-15(7-6-13)10-11-4-2-3-5-12(11)14/h2-5H,6-10H2,1H3. The fourth-order valence-corrected chi connectivity index (χ4v) is 1.91. The van der Waals surface area contributed by atoms with Crippen molar-refractivity contribution in [1.29, 1.82) is 0 Å². The van der Waals surface area contributed by atoms with Crippen LogP contribution < -0.4 is 0 Å². The normalized spacial score (nSPS) is 11.0. The molecule has 0 atom stereocenters. The minimum absolute atomic E-state index is 0.619. The Hall–Kier alpha value is -0.280. The maximum Gasteiger partial charge on any atom is 0.0589 e. The van der Waals surface area contributed by atoms with Crippen molar-refractivity contribution in [2.75, 3.05) is 32.7 Å². The Morgan fingerprint density at radius 3 is 2.62 bits per heavy atom. The van der Waals surface area contributed by atoms with Crippen LogP contribution in [0.4, 0.5) is 0 Å². The predicted octanol–water partition coefficient (Wildman–Crippen LogP) is 3.03. The first kappa shape index (κ1) is 13.8. The smallest absolute Gasteiger partial charge is 0.0589 e. The molecule has 0 N–H and O–H groups in total. The monoisotopic (exact) mass is 261 g/mol. The van der Waals surface area contributed by atoms with Crippen LogP contribution in [0.2, 0.25) is 5.02 Å². The van der Waals surface area contributed by atoms with Crippen molar-refractivity contribution in [3.63, 3.8) is 0 Å². The van der Waals surface area contributed by atoms with Gasteiger partial charge in [0, 0.05) is 37.6 Å². The van der Waals surface area contributed by atoms with Gasteiger partial charge in [0.2, 0.25) is 0 Å². The molecule has 0 fully saturated rings. The molecule has 0 radical (unpaired) electrons. The van der Waals surface area contributed by atoms with Crippen molar-refractivity contribution in [3.05, 3.63) is 34.9 Å². The van der Waals surface area contributed by atoms with Gasteiger partial charge in [-0.1, -0.05) is 29.8 Å². The lowest BCUT2D eigenvalue weighted by Gasteiger charge is -2.21. The van der Waals surface area contributed by atoms with E-state index >= 15 is 0 Å². The summed E-state index contributed by atoms with van der Waals surface area (Å²) in [5, 5.41) is 0.805. The molecule has 0 saturated heterocycles. The zero-order valence-corrected chi connectivity index (χ0v) is 11.0. The Morgan fingerprint density at radius 1 is 1.25 bits per heavy atom. The Bertz CT molecular complexity index is 307. The molecule has 0 amide bonds. The summed E-state index contributed by atoms with van der Waals surface area (Å²) in [6.07, 6.45) is 0. The van der Waals surface area contributed by atoms with Crippen LogP contribution in [0, 0.1) is 0 Å². The number of hydrogen-bond donors (Lipinski definition) is 0. The highest BCUT2D eigenvalue weighted by molar-refractivity contribution is 6.31. The summed E-state index contributed by atoms with van der Waals surface area (Å²) in [6, 6.07) is 7.88. The lowest BCUT2D eigenvalue weighted by Crippen LogP contribution is -2.29. The molecule has 1 rings (SSSR count). The number of nitrogens with zero attached hydrogens (tertiary/aromatic N) is 1. The van der Waals surface area contributed by atoms with Crippen molar-refractivity contribution < 1.29 is 4.74 Å². The van der Waals surface area contributed by atoms with E-state index in [0.717, 1.165) is 30.2 Å². The van der Waals surface area contributed by atoms with E-state index in [9.17, 15) is 0 Å². The lowest BCUT2D eigenvalue weighted by atomic mass is 10.2. The molecule has 0 bridgehead atoms. The first-order chi connectivity index (χ1) is 7.77. The van der Waals surface area contributed by atoms with Crippen molar-refractivity contribution in [2.24, 2.45) is 0 Å². The number of methoxy groups -OCH3 is 1. The van der Waals surface area contributed by atoms with Crippen LogP contribution in [0.15, 0.2) is 24.3 Å². The number of rotatable bonds is 7. The summed E-state index contributed by atoms with van der Waals surface area (Å²) in [7, 11) is 1.70. The molecule has 0 aromatic heterocycles. The van der Waals surface area contributed by atoms with Gasteiger partial charge < -0.3 is 4.74 Å². The molecule has 0 saturated carbocycles. The van der Waals surface area contributed by atoms with Crippen molar-refractivity contribution in [3.8, 4) is 0 Å². The molecule has 0 heterocycles. The second-order valence-electron chi connectivity index (χ2n) is 3.55. The van der Waals surface area contributed by atoms with Crippen LogP contribution in [0.1, 0.15) is 5.56 Å². The van der Waals surface area contributed by atoms with Gasteiger partial charge >= 0.3 is 0 Å². The number of ether oxygens (including phenoxy) is 1. The summed E-state index contributed by atoms with van der Waals surface area (Å²) in [5.74, 6) is 0.619. The Morgan fingerprint density at radius 2 is 2.00 bits per heavy atom. The van der Waals surface area contributed by atoms with E-state index in [1.807, 2.05) is 24.3 Å². The van der Waals surface area contributed by atoms with Gasteiger partial charge in [-0.05, 0) is 11.6 Å². The average molecular weight is 262 g/mol. The zero-order valence-electron chi connectivity index (χ0n) is 9.46. The molecule has 2 nitrogen and oxygen atoms in total. The third-order valence-corrected chi connectivity index (χ3v) is 2.90. The van der Waals surface area contributed by atoms with Crippen molar-refractivity contribution in [1.82, 2.24) is 4.90 Å². The summed E-state index contributed by atoms with van der Waals surface area (Å²) < 4.78 is 5.07. The minimum Gasteiger partial charge on any atom is -0.383 e. The molecular weight excluding hydrogens is 245 g/mol. The molecule has 16 heavy (non-hydrogen) atoms. The SMILES string of the molecule is COCCN(CCCl)Cc1ccccc1Cl. The Kier molecular flexibility index (Phi) is 6.81. The van der Waals surface area contributed by atoms with E-state index in [0.29, 0.717) is 12.5 Å². The van der Waals surface area contributed by atoms with E-state index in [4.69, 9.17) is 27.9 Å².